The molecule has 1 fully saturated rings. The smallest absolute Gasteiger partial charge is 0.0945 e. The summed E-state index contributed by atoms with van der Waals surface area (Å²) in [5.74, 6) is 0. The minimum atomic E-state index is 0.310. The van der Waals surface area contributed by atoms with Gasteiger partial charge in [-0.05, 0) is 19.8 Å². The van der Waals surface area contributed by atoms with E-state index < -0.39 is 0 Å². The van der Waals surface area contributed by atoms with Crippen molar-refractivity contribution in [1.29, 1.82) is 0 Å². The normalized spacial score (nSPS) is 23.8. The molecule has 1 atom stereocenters. The molecule has 0 amide bonds. The lowest BCUT2D eigenvalue weighted by atomic mass is 9.92. The van der Waals surface area contributed by atoms with Crippen molar-refractivity contribution in [2.24, 2.45) is 0 Å². The number of ether oxygens (including phenoxy) is 1. The summed E-state index contributed by atoms with van der Waals surface area (Å²) in [6.45, 7) is 6.76. The highest BCUT2D eigenvalue weighted by Gasteiger charge is 2.51. The Labute approximate surface area is 89.2 Å². The Morgan fingerprint density at radius 1 is 0.929 bits per heavy atom. The number of hydrogen-bond donors (Lipinski definition) is 0. The lowest BCUT2D eigenvalue weighted by Gasteiger charge is -2.11. The first-order chi connectivity index (χ1) is 6.75. The number of rotatable bonds is 8. The van der Waals surface area contributed by atoms with E-state index >= 15 is 0 Å². The van der Waals surface area contributed by atoms with E-state index in [9.17, 15) is 0 Å². The van der Waals surface area contributed by atoms with Gasteiger partial charge < -0.3 is 4.74 Å². The Morgan fingerprint density at radius 2 is 1.36 bits per heavy atom. The molecule has 1 rings (SSSR count). The summed E-state index contributed by atoms with van der Waals surface area (Å²) in [7, 11) is 0. The van der Waals surface area contributed by atoms with E-state index in [1.807, 2.05) is 0 Å². The van der Waals surface area contributed by atoms with E-state index in [2.05, 4.69) is 20.8 Å². The maximum Gasteiger partial charge on any atom is 0.0945 e. The molecular formula is C13H26O. The zero-order chi connectivity index (χ0) is 10.4. The molecule has 0 aromatic heterocycles. The van der Waals surface area contributed by atoms with Gasteiger partial charge in [-0.1, -0.05) is 52.4 Å². The second kappa shape index (κ2) is 5.75. The Kier molecular flexibility index (Phi) is 4.94. The van der Waals surface area contributed by atoms with Crippen LogP contribution in [0.2, 0.25) is 0 Å². The molecule has 1 nitrogen and oxygen atoms in total. The van der Waals surface area contributed by atoms with Crippen molar-refractivity contribution in [3.05, 3.63) is 0 Å². The standard InChI is InChI=1S/C13H26O/c1-4-6-8-10-13(12(3)14-13)11-9-7-5-2/h12H,4-11H2,1-3H3. The van der Waals surface area contributed by atoms with E-state index in [-0.39, 0.29) is 0 Å². The van der Waals surface area contributed by atoms with Crippen LogP contribution in [-0.2, 0) is 4.74 Å². The predicted molar refractivity (Wildman–Crippen MR) is 61.6 cm³/mol. The van der Waals surface area contributed by atoms with Crippen molar-refractivity contribution in [2.45, 2.75) is 83.8 Å². The quantitative estimate of drug-likeness (QED) is 0.418. The molecule has 0 saturated carbocycles. The Hall–Kier alpha value is -0.0400. The van der Waals surface area contributed by atoms with Crippen LogP contribution in [0.3, 0.4) is 0 Å². The average Bonchev–Trinajstić information content (AvgIpc) is 2.78. The summed E-state index contributed by atoms with van der Waals surface area (Å²) in [5.41, 5.74) is 0.310. The largest absolute Gasteiger partial charge is 0.366 e. The van der Waals surface area contributed by atoms with Crippen molar-refractivity contribution in [1.82, 2.24) is 0 Å². The summed E-state index contributed by atoms with van der Waals surface area (Å²) >= 11 is 0. The minimum absolute atomic E-state index is 0.310. The van der Waals surface area contributed by atoms with Gasteiger partial charge in [-0.25, -0.2) is 0 Å². The highest BCUT2D eigenvalue weighted by Crippen LogP contribution is 2.45. The van der Waals surface area contributed by atoms with E-state index in [1.54, 1.807) is 0 Å². The zero-order valence-electron chi connectivity index (χ0n) is 10.1. The minimum Gasteiger partial charge on any atom is -0.366 e. The molecule has 0 bridgehead atoms. The van der Waals surface area contributed by atoms with Crippen LogP contribution in [0, 0.1) is 0 Å². The van der Waals surface area contributed by atoms with Crippen LogP contribution in [0.5, 0.6) is 0 Å². The molecule has 0 radical (unpaired) electrons. The lowest BCUT2D eigenvalue weighted by molar-refractivity contribution is 0.257. The zero-order valence-corrected chi connectivity index (χ0v) is 10.1. The monoisotopic (exact) mass is 198 g/mol. The second-order valence-electron chi connectivity index (χ2n) is 4.74. The van der Waals surface area contributed by atoms with Gasteiger partial charge in [-0.15, -0.1) is 0 Å². The SMILES string of the molecule is CCCCCC1(CCCCC)OC1C. The maximum atomic E-state index is 5.80. The summed E-state index contributed by atoms with van der Waals surface area (Å²) < 4.78 is 5.80. The first-order valence-corrected chi connectivity index (χ1v) is 6.43. The molecule has 0 aliphatic carbocycles. The van der Waals surface area contributed by atoms with Crippen LogP contribution < -0.4 is 0 Å². The van der Waals surface area contributed by atoms with E-state index in [0.29, 0.717) is 11.7 Å². The van der Waals surface area contributed by atoms with Gasteiger partial charge in [0.05, 0.1) is 11.7 Å². The Balaban J connectivity index is 2.15. The Bertz CT molecular complexity index is 143. The van der Waals surface area contributed by atoms with Gasteiger partial charge in [-0.2, -0.15) is 0 Å². The van der Waals surface area contributed by atoms with Crippen LogP contribution in [-0.4, -0.2) is 11.7 Å². The predicted octanol–water partition coefficient (Wildman–Crippen LogP) is 4.30. The van der Waals surface area contributed by atoms with Crippen molar-refractivity contribution in [3.8, 4) is 0 Å². The molecule has 1 unspecified atom stereocenters. The maximum absolute atomic E-state index is 5.80. The van der Waals surface area contributed by atoms with Crippen molar-refractivity contribution in [2.75, 3.05) is 0 Å². The topological polar surface area (TPSA) is 12.5 Å². The summed E-state index contributed by atoms with van der Waals surface area (Å²) in [6, 6.07) is 0. The third-order valence-corrected chi connectivity index (χ3v) is 3.50. The van der Waals surface area contributed by atoms with E-state index in [1.165, 1.54) is 51.4 Å². The molecule has 0 aromatic rings. The molecule has 0 aromatic carbocycles. The van der Waals surface area contributed by atoms with Crippen LogP contribution in [0.25, 0.3) is 0 Å². The van der Waals surface area contributed by atoms with Gasteiger partial charge in [0.1, 0.15) is 0 Å². The molecule has 1 heterocycles. The first kappa shape index (κ1) is 12.0. The first-order valence-electron chi connectivity index (χ1n) is 6.43. The molecule has 1 aliphatic heterocycles. The van der Waals surface area contributed by atoms with Gasteiger partial charge in [0.15, 0.2) is 0 Å². The second-order valence-corrected chi connectivity index (χ2v) is 4.74. The van der Waals surface area contributed by atoms with Crippen LogP contribution >= 0.6 is 0 Å². The number of unbranched alkanes of at least 4 members (excludes halogenated alkanes) is 4. The van der Waals surface area contributed by atoms with E-state index in [0.717, 1.165) is 0 Å². The molecule has 1 heteroatoms. The molecule has 0 spiro atoms. The average molecular weight is 198 g/mol. The van der Waals surface area contributed by atoms with Gasteiger partial charge in [0, 0.05) is 0 Å². The molecule has 84 valence electrons. The highest BCUT2D eigenvalue weighted by molar-refractivity contribution is 4.99. The number of hydrogen-bond acceptors (Lipinski definition) is 1. The van der Waals surface area contributed by atoms with Crippen LogP contribution in [0.1, 0.15) is 72.1 Å². The fourth-order valence-corrected chi connectivity index (χ4v) is 2.32. The third kappa shape index (κ3) is 3.27. The fourth-order valence-electron chi connectivity index (χ4n) is 2.32. The van der Waals surface area contributed by atoms with E-state index in [4.69, 9.17) is 4.74 Å². The third-order valence-electron chi connectivity index (χ3n) is 3.50. The van der Waals surface area contributed by atoms with Crippen molar-refractivity contribution < 1.29 is 4.74 Å². The highest BCUT2D eigenvalue weighted by atomic mass is 16.6. The van der Waals surface area contributed by atoms with Gasteiger partial charge in [0.25, 0.3) is 0 Å². The van der Waals surface area contributed by atoms with Crippen LogP contribution in [0.4, 0.5) is 0 Å². The summed E-state index contributed by atoms with van der Waals surface area (Å²) in [4.78, 5) is 0. The molecule has 1 aliphatic rings. The van der Waals surface area contributed by atoms with Gasteiger partial charge >= 0.3 is 0 Å². The summed E-state index contributed by atoms with van der Waals surface area (Å²) in [6.07, 6.45) is 11.2. The van der Waals surface area contributed by atoms with Crippen molar-refractivity contribution in [3.63, 3.8) is 0 Å². The van der Waals surface area contributed by atoms with Crippen LogP contribution in [0.15, 0.2) is 0 Å². The Morgan fingerprint density at radius 3 is 1.64 bits per heavy atom. The molecular weight excluding hydrogens is 172 g/mol. The number of epoxide rings is 1. The fraction of sp³-hybridized carbons (Fsp3) is 1.00. The molecule has 14 heavy (non-hydrogen) atoms. The lowest BCUT2D eigenvalue weighted by Crippen LogP contribution is -2.13. The summed E-state index contributed by atoms with van der Waals surface area (Å²) in [5, 5.41) is 0. The molecule has 0 N–H and O–H groups in total. The van der Waals surface area contributed by atoms with Gasteiger partial charge in [0.2, 0.25) is 0 Å². The van der Waals surface area contributed by atoms with Crippen molar-refractivity contribution >= 4 is 0 Å². The molecule has 1 saturated heterocycles. The van der Waals surface area contributed by atoms with Gasteiger partial charge in [-0.3, -0.25) is 0 Å².